The zero-order valence-corrected chi connectivity index (χ0v) is 31.5. The van der Waals surface area contributed by atoms with Crippen LogP contribution in [-0.2, 0) is 29.7 Å². The quantitative estimate of drug-likeness (QED) is 0.225. The van der Waals surface area contributed by atoms with Crippen molar-refractivity contribution in [1.82, 2.24) is 43.6 Å². The predicted molar refractivity (Wildman–Crippen MR) is 204 cm³/mol. The Morgan fingerprint density at radius 2 is 1.33 bits per heavy atom. The topological polar surface area (TPSA) is 184 Å². The molecule has 3 aliphatic rings. The van der Waals surface area contributed by atoms with Gasteiger partial charge in [-0.2, -0.15) is 5.10 Å². The molecule has 2 amide bonds. The molecule has 290 valence electrons. The van der Waals surface area contributed by atoms with Gasteiger partial charge in [-0.3, -0.25) is 33.0 Å². The van der Waals surface area contributed by atoms with Gasteiger partial charge in [0, 0.05) is 71.8 Å². The Hall–Kier alpha value is -4.93. The van der Waals surface area contributed by atoms with Crippen molar-refractivity contribution in [2.75, 3.05) is 57.7 Å². The van der Waals surface area contributed by atoms with Crippen LogP contribution in [0.1, 0.15) is 52.4 Å². The fourth-order valence-corrected chi connectivity index (χ4v) is 7.54. The number of hydrogen-bond acceptors (Lipinski definition) is 11. The molecule has 3 fully saturated rings. The number of piperidine rings is 2. The highest BCUT2D eigenvalue weighted by molar-refractivity contribution is 5.89. The molecule has 3 aliphatic heterocycles. The van der Waals surface area contributed by atoms with Gasteiger partial charge in [-0.25, -0.2) is 9.97 Å². The van der Waals surface area contributed by atoms with Gasteiger partial charge in [-0.05, 0) is 51.6 Å². The van der Waals surface area contributed by atoms with Crippen LogP contribution in [-0.4, -0.2) is 129 Å². The van der Waals surface area contributed by atoms with E-state index in [0.29, 0.717) is 63.2 Å². The van der Waals surface area contributed by atoms with Crippen molar-refractivity contribution in [2.45, 2.75) is 76.7 Å². The standard InChI is InChI=1S/C20H23N5O3.C18H29N5O3/c1-14(26)24-10-8-20(28,9-11-24)12-25-13-21-16-17(19(25)27)22-23(2)18(16)15-6-4-3-5-7-15;1-15(24)22-9-4-18(26,5-10-22)13-23-14-20-16(12-17(23)25)19-6-11-21-7-2-3-8-21/h3-7,13,28H,8-12H2,1-2H3;12,14,19,26H,2-11,13H2,1H3. The monoisotopic (exact) mass is 744 g/mol. The summed E-state index contributed by atoms with van der Waals surface area (Å²) in [4.78, 5) is 62.8. The lowest BCUT2D eigenvalue weighted by Crippen LogP contribution is -2.49. The van der Waals surface area contributed by atoms with Gasteiger partial charge in [-0.1, -0.05) is 30.3 Å². The molecule has 1 aromatic carbocycles. The summed E-state index contributed by atoms with van der Waals surface area (Å²) >= 11 is 0. The van der Waals surface area contributed by atoms with Gasteiger partial charge in [0.1, 0.15) is 11.3 Å². The lowest BCUT2D eigenvalue weighted by molar-refractivity contribution is -0.134. The van der Waals surface area contributed by atoms with Crippen molar-refractivity contribution in [1.29, 1.82) is 0 Å². The van der Waals surface area contributed by atoms with E-state index >= 15 is 0 Å². The Morgan fingerprint density at radius 3 is 1.89 bits per heavy atom. The number of aromatic nitrogens is 6. The molecule has 54 heavy (non-hydrogen) atoms. The van der Waals surface area contributed by atoms with E-state index in [1.54, 1.807) is 21.5 Å². The molecule has 4 aromatic rings. The number of hydrogen-bond donors (Lipinski definition) is 3. The molecule has 0 atom stereocenters. The maximum Gasteiger partial charge on any atom is 0.281 e. The SMILES string of the molecule is CC(=O)N1CCC(O)(Cn2cnc(NCCN3CCCC3)cc2=O)CC1.CC(=O)N1CCC(O)(Cn2cnc3c(-c4ccccc4)n(C)nc3c2=O)CC1. The van der Waals surface area contributed by atoms with Gasteiger partial charge < -0.3 is 30.2 Å². The molecule has 0 aliphatic carbocycles. The third-order valence-electron chi connectivity index (χ3n) is 10.9. The number of fused-ring (bicyclic) bond motifs is 1. The summed E-state index contributed by atoms with van der Waals surface area (Å²) in [5.74, 6) is 0.600. The predicted octanol–water partition coefficient (Wildman–Crippen LogP) is 1.29. The van der Waals surface area contributed by atoms with E-state index in [4.69, 9.17) is 0 Å². The minimum Gasteiger partial charge on any atom is -0.388 e. The highest BCUT2D eigenvalue weighted by Gasteiger charge is 2.35. The van der Waals surface area contributed by atoms with Crippen molar-refractivity contribution in [2.24, 2.45) is 7.05 Å². The summed E-state index contributed by atoms with van der Waals surface area (Å²) in [5, 5.41) is 29.2. The normalized spacial score (nSPS) is 18.3. The van der Waals surface area contributed by atoms with Gasteiger partial charge in [0.25, 0.3) is 11.1 Å². The summed E-state index contributed by atoms with van der Waals surface area (Å²) in [6, 6.07) is 11.2. The van der Waals surface area contributed by atoms with Gasteiger partial charge >= 0.3 is 0 Å². The van der Waals surface area contributed by atoms with Crippen LogP contribution in [0.2, 0.25) is 0 Å². The smallest absolute Gasteiger partial charge is 0.281 e. The van der Waals surface area contributed by atoms with E-state index in [-0.39, 0.29) is 41.5 Å². The number of aliphatic hydroxyl groups is 2. The van der Waals surface area contributed by atoms with Crippen molar-refractivity contribution in [3.8, 4) is 11.3 Å². The molecule has 16 heteroatoms. The summed E-state index contributed by atoms with van der Waals surface area (Å²) in [6.07, 6.45) is 7.29. The number of nitrogens with zero attached hydrogens (tertiary/aromatic N) is 9. The first-order valence-corrected chi connectivity index (χ1v) is 18.8. The zero-order chi connectivity index (χ0) is 38.5. The van der Waals surface area contributed by atoms with Gasteiger partial charge in [0.15, 0.2) is 5.52 Å². The number of nitrogens with one attached hydrogen (secondary N) is 1. The lowest BCUT2D eigenvalue weighted by Gasteiger charge is -2.38. The molecule has 3 N–H and O–H groups in total. The summed E-state index contributed by atoms with van der Waals surface area (Å²) in [5.41, 5.74) is 0.101. The molecular weight excluding hydrogens is 692 g/mol. The number of benzene rings is 1. The van der Waals surface area contributed by atoms with E-state index < -0.39 is 11.2 Å². The largest absolute Gasteiger partial charge is 0.388 e. The highest BCUT2D eigenvalue weighted by atomic mass is 16.3. The third kappa shape index (κ3) is 9.22. The minimum atomic E-state index is -1.04. The molecule has 0 bridgehead atoms. The molecule has 0 saturated carbocycles. The molecule has 0 unspecified atom stereocenters. The van der Waals surface area contributed by atoms with E-state index in [2.05, 4.69) is 25.3 Å². The number of anilines is 1. The van der Waals surface area contributed by atoms with E-state index in [9.17, 15) is 29.4 Å². The fourth-order valence-electron chi connectivity index (χ4n) is 7.54. The molecule has 6 heterocycles. The Morgan fingerprint density at radius 1 is 0.778 bits per heavy atom. The first-order valence-electron chi connectivity index (χ1n) is 18.8. The van der Waals surface area contributed by atoms with Crippen LogP contribution in [0.25, 0.3) is 22.3 Å². The summed E-state index contributed by atoms with van der Waals surface area (Å²) < 4.78 is 4.54. The van der Waals surface area contributed by atoms with Crippen LogP contribution in [0.15, 0.2) is 58.6 Å². The molecular formula is C38H52N10O6. The maximum absolute atomic E-state index is 13.0. The minimum absolute atomic E-state index is 0.00392. The van der Waals surface area contributed by atoms with Crippen molar-refractivity contribution in [3.63, 3.8) is 0 Å². The first kappa shape index (κ1) is 38.8. The second kappa shape index (κ2) is 16.6. The molecule has 16 nitrogen and oxygen atoms in total. The molecule has 0 spiro atoms. The number of aryl methyl sites for hydroxylation is 1. The Kier molecular flexibility index (Phi) is 11.9. The number of likely N-dealkylation sites (tertiary alicyclic amines) is 3. The van der Waals surface area contributed by atoms with Crippen molar-refractivity contribution < 1.29 is 19.8 Å². The van der Waals surface area contributed by atoms with Crippen LogP contribution >= 0.6 is 0 Å². The number of rotatable bonds is 9. The van der Waals surface area contributed by atoms with Gasteiger partial charge in [0.2, 0.25) is 11.8 Å². The Labute approximate surface area is 314 Å². The molecule has 3 aromatic heterocycles. The maximum atomic E-state index is 13.0. The van der Waals surface area contributed by atoms with Crippen molar-refractivity contribution in [3.05, 3.63) is 69.8 Å². The van der Waals surface area contributed by atoms with E-state index in [1.165, 1.54) is 54.5 Å². The molecule has 7 rings (SSSR count). The van der Waals surface area contributed by atoms with Gasteiger partial charge in [-0.15, -0.1) is 0 Å². The highest BCUT2D eigenvalue weighted by Crippen LogP contribution is 2.27. The van der Waals surface area contributed by atoms with Crippen LogP contribution in [0, 0.1) is 0 Å². The van der Waals surface area contributed by atoms with Gasteiger partial charge in [0.05, 0.1) is 42.6 Å². The second-order valence-electron chi connectivity index (χ2n) is 14.9. The fraction of sp³-hybridized carbons (Fsp3) is 0.553. The van der Waals surface area contributed by atoms with Crippen LogP contribution < -0.4 is 16.4 Å². The van der Waals surface area contributed by atoms with Crippen LogP contribution in [0.3, 0.4) is 0 Å². The van der Waals surface area contributed by atoms with E-state index in [1.807, 2.05) is 30.3 Å². The Balaban J connectivity index is 0.000000185. The average molecular weight is 745 g/mol. The summed E-state index contributed by atoms with van der Waals surface area (Å²) in [7, 11) is 1.79. The number of amides is 2. The summed E-state index contributed by atoms with van der Waals surface area (Å²) in [6.45, 7) is 9.43. The third-order valence-corrected chi connectivity index (χ3v) is 10.9. The Bertz CT molecular complexity index is 2040. The first-order chi connectivity index (χ1) is 25.8. The molecule has 0 radical (unpaired) electrons. The lowest BCUT2D eigenvalue weighted by atomic mass is 9.91. The van der Waals surface area contributed by atoms with Crippen LogP contribution in [0.4, 0.5) is 5.82 Å². The van der Waals surface area contributed by atoms with Crippen LogP contribution in [0.5, 0.6) is 0 Å². The number of carbonyl (C=O) groups excluding carboxylic acids is 2. The average Bonchev–Trinajstić information content (AvgIpc) is 3.79. The second-order valence-corrected chi connectivity index (χ2v) is 14.9. The van der Waals surface area contributed by atoms with E-state index in [0.717, 1.165) is 37.4 Å². The zero-order valence-electron chi connectivity index (χ0n) is 31.5. The number of carbonyl (C=O) groups is 2. The van der Waals surface area contributed by atoms with Crippen molar-refractivity contribution >= 4 is 28.7 Å². The molecule has 3 saturated heterocycles.